The number of methoxy groups -OCH3 is 1. The van der Waals surface area contributed by atoms with Crippen LogP contribution in [0.25, 0.3) is 0 Å². The van der Waals surface area contributed by atoms with E-state index in [0.717, 1.165) is 10.6 Å². The topological polar surface area (TPSA) is 26.3 Å². The summed E-state index contributed by atoms with van der Waals surface area (Å²) in [5.74, 6) is 1.42. The summed E-state index contributed by atoms with van der Waals surface area (Å²) in [6.45, 7) is 0. The zero-order valence-corrected chi connectivity index (χ0v) is 14.3. The Labute approximate surface area is 146 Å². The zero-order chi connectivity index (χ0) is 16.8. The highest BCUT2D eigenvalue weighted by atomic mass is 32.2. The fourth-order valence-corrected chi connectivity index (χ4v) is 3.50. The van der Waals surface area contributed by atoms with Gasteiger partial charge in [0.15, 0.2) is 5.78 Å². The molecule has 0 saturated heterocycles. The van der Waals surface area contributed by atoms with Crippen LogP contribution in [0.1, 0.15) is 21.5 Å². The van der Waals surface area contributed by atoms with Gasteiger partial charge in [0.1, 0.15) is 5.75 Å². The molecular formula is C21H18O2S. The first-order valence-electron chi connectivity index (χ1n) is 7.73. The molecule has 0 aliphatic carbocycles. The smallest absolute Gasteiger partial charge is 0.197 e. The lowest BCUT2D eigenvalue weighted by atomic mass is 10.0. The van der Waals surface area contributed by atoms with Crippen molar-refractivity contribution in [1.82, 2.24) is 0 Å². The zero-order valence-electron chi connectivity index (χ0n) is 13.4. The van der Waals surface area contributed by atoms with Gasteiger partial charge in [-0.05, 0) is 29.8 Å². The van der Waals surface area contributed by atoms with Crippen molar-refractivity contribution in [2.45, 2.75) is 10.6 Å². The molecule has 0 bridgehead atoms. The Kier molecular flexibility index (Phi) is 5.34. The maximum atomic E-state index is 13.0. The minimum Gasteiger partial charge on any atom is -0.496 e. The van der Waals surface area contributed by atoms with Crippen LogP contribution in [0, 0.1) is 0 Å². The second-order valence-electron chi connectivity index (χ2n) is 5.30. The average Bonchev–Trinajstić information content (AvgIpc) is 2.67. The van der Waals surface area contributed by atoms with E-state index < -0.39 is 0 Å². The molecule has 0 aromatic heterocycles. The lowest BCUT2D eigenvalue weighted by Crippen LogP contribution is -2.05. The summed E-state index contributed by atoms with van der Waals surface area (Å²) in [5, 5.41) is 0. The van der Waals surface area contributed by atoms with Crippen LogP contribution < -0.4 is 4.74 Å². The monoisotopic (exact) mass is 334 g/mol. The molecule has 0 radical (unpaired) electrons. The van der Waals surface area contributed by atoms with Crippen LogP contribution in [0.3, 0.4) is 0 Å². The molecule has 3 rings (SSSR count). The highest BCUT2D eigenvalue weighted by Gasteiger charge is 2.17. The molecule has 0 saturated carbocycles. The molecule has 120 valence electrons. The summed E-state index contributed by atoms with van der Waals surface area (Å²) in [6.07, 6.45) is 0. The molecule has 0 fully saturated rings. The lowest BCUT2D eigenvalue weighted by molar-refractivity contribution is 0.103. The number of ether oxygens (including phenoxy) is 1. The van der Waals surface area contributed by atoms with Gasteiger partial charge < -0.3 is 4.74 Å². The van der Waals surface area contributed by atoms with Gasteiger partial charge in [0.25, 0.3) is 0 Å². The first-order chi connectivity index (χ1) is 11.8. The molecule has 3 aromatic carbocycles. The van der Waals surface area contributed by atoms with Crippen molar-refractivity contribution in [3.05, 3.63) is 95.6 Å². The summed E-state index contributed by atoms with van der Waals surface area (Å²) in [7, 11) is 1.59. The summed E-state index contributed by atoms with van der Waals surface area (Å²) in [6, 6.07) is 25.3. The molecule has 24 heavy (non-hydrogen) atoms. The number of carbonyl (C=O) groups excluding carboxylic acids is 1. The quantitative estimate of drug-likeness (QED) is 0.457. The molecule has 3 heteroatoms. The number of para-hydroxylation sites is 1. The summed E-state index contributed by atoms with van der Waals surface area (Å²) >= 11 is 1.67. The van der Waals surface area contributed by atoms with Gasteiger partial charge in [0, 0.05) is 16.2 Å². The lowest BCUT2D eigenvalue weighted by Gasteiger charge is -2.11. The first-order valence-corrected chi connectivity index (χ1v) is 8.71. The van der Waals surface area contributed by atoms with Crippen molar-refractivity contribution in [1.29, 1.82) is 0 Å². The Bertz CT molecular complexity index is 828. The van der Waals surface area contributed by atoms with E-state index in [1.165, 1.54) is 5.56 Å². The number of rotatable bonds is 6. The van der Waals surface area contributed by atoms with Crippen LogP contribution in [0.15, 0.2) is 83.8 Å². The number of carbonyl (C=O) groups is 1. The highest BCUT2D eigenvalue weighted by Crippen LogP contribution is 2.30. The predicted molar refractivity (Wildman–Crippen MR) is 98.9 cm³/mol. The van der Waals surface area contributed by atoms with Gasteiger partial charge >= 0.3 is 0 Å². The van der Waals surface area contributed by atoms with Crippen molar-refractivity contribution in [3.63, 3.8) is 0 Å². The normalized spacial score (nSPS) is 10.4. The SMILES string of the molecule is COc1ccccc1C(=O)c1ccccc1SCc1ccccc1. The van der Waals surface area contributed by atoms with Gasteiger partial charge in [0.2, 0.25) is 0 Å². The molecule has 2 nitrogen and oxygen atoms in total. The van der Waals surface area contributed by atoms with Crippen molar-refractivity contribution < 1.29 is 9.53 Å². The van der Waals surface area contributed by atoms with E-state index >= 15 is 0 Å². The van der Waals surface area contributed by atoms with Gasteiger partial charge in [0.05, 0.1) is 12.7 Å². The standard InChI is InChI=1S/C21H18O2S/c1-23-19-13-7-5-11-17(19)21(22)18-12-6-8-14-20(18)24-15-16-9-3-2-4-10-16/h2-14H,15H2,1H3. The van der Waals surface area contributed by atoms with Gasteiger partial charge in [-0.2, -0.15) is 0 Å². The van der Waals surface area contributed by atoms with Crippen molar-refractivity contribution in [2.24, 2.45) is 0 Å². The maximum Gasteiger partial charge on any atom is 0.197 e. The van der Waals surface area contributed by atoms with Crippen LogP contribution in [-0.2, 0) is 5.75 Å². The van der Waals surface area contributed by atoms with E-state index in [1.54, 1.807) is 24.9 Å². The number of benzene rings is 3. The molecule has 0 heterocycles. The molecule has 0 unspecified atom stereocenters. The van der Waals surface area contributed by atoms with E-state index in [9.17, 15) is 4.79 Å². The molecular weight excluding hydrogens is 316 g/mol. The second kappa shape index (κ2) is 7.84. The largest absolute Gasteiger partial charge is 0.496 e. The second-order valence-corrected chi connectivity index (χ2v) is 6.32. The van der Waals surface area contributed by atoms with E-state index in [0.29, 0.717) is 16.9 Å². The fraction of sp³-hybridized carbons (Fsp3) is 0.0952. The van der Waals surface area contributed by atoms with Gasteiger partial charge in [-0.3, -0.25) is 4.79 Å². The van der Waals surface area contributed by atoms with E-state index in [4.69, 9.17) is 4.74 Å². The number of hydrogen-bond donors (Lipinski definition) is 0. The summed E-state index contributed by atoms with van der Waals surface area (Å²) < 4.78 is 5.33. The first kappa shape index (κ1) is 16.3. The molecule has 0 N–H and O–H groups in total. The van der Waals surface area contributed by atoms with E-state index in [-0.39, 0.29) is 5.78 Å². The van der Waals surface area contributed by atoms with Crippen LogP contribution in [-0.4, -0.2) is 12.9 Å². The van der Waals surface area contributed by atoms with Crippen LogP contribution >= 0.6 is 11.8 Å². The molecule has 0 spiro atoms. The van der Waals surface area contributed by atoms with Crippen LogP contribution in [0.4, 0.5) is 0 Å². The Balaban J connectivity index is 1.87. The number of hydrogen-bond acceptors (Lipinski definition) is 3. The third-order valence-corrected chi connectivity index (χ3v) is 4.87. The Morgan fingerprint density at radius 3 is 2.21 bits per heavy atom. The summed E-state index contributed by atoms with van der Waals surface area (Å²) in [4.78, 5) is 13.9. The Hall–Kier alpha value is -2.52. The molecule has 0 aliphatic rings. The van der Waals surface area contributed by atoms with Crippen molar-refractivity contribution in [2.75, 3.05) is 7.11 Å². The van der Waals surface area contributed by atoms with Gasteiger partial charge in [-0.1, -0.05) is 54.6 Å². The molecule has 0 aliphatic heterocycles. The third-order valence-electron chi connectivity index (χ3n) is 3.72. The third kappa shape index (κ3) is 3.69. The predicted octanol–water partition coefficient (Wildman–Crippen LogP) is 5.22. The van der Waals surface area contributed by atoms with Crippen molar-refractivity contribution >= 4 is 17.5 Å². The van der Waals surface area contributed by atoms with Gasteiger partial charge in [-0.15, -0.1) is 11.8 Å². The van der Waals surface area contributed by atoms with Crippen molar-refractivity contribution in [3.8, 4) is 5.75 Å². The minimum atomic E-state index is -0.0105. The fourth-order valence-electron chi connectivity index (χ4n) is 2.49. The van der Waals surface area contributed by atoms with Gasteiger partial charge in [-0.25, -0.2) is 0 Å². The minimum absolute atomic E-state index is 0.0105. The Morgan fingerprint density at radius 1 is 0.833 bits per heavy atom. The van der Waals surface area contributed by atoms with Crippen LogP contribution in [0.5, 0.6) is 5.75 Å². The van der Waals surface area contributed by atoms with E-state index in [2.05, 4.69) is 12.1 Å². The van der Waals surface area contributed by atoms with Crippen LogP contribution in [0.2, 0.25) is 0 Å². The van der Waals surface area contributed by atoms with E-state index in [1.807, 2.05) is 60.7 Å². The Morgan fingerprint density at radius 2 is 1.46 bits per heavy atom. The number of ketones is 1. The summed E-state index contributed by atoms with van der Waals surface area (Å²) in [5.41, 5.74) is 2.54. The molecule has 3 aromatic rings. The molecule has 0 atom stereocenters. The maximum absolute atomic E-state index is 13.0. The molecule has 0 amide bonds. The highest BCUT2D eigenvalue weighted by molar-refractivity contribution is 7.98. The number of thioether (sulfide) groups is 1. The average molecular weight is 334 g/mol.